The zero-order chi connectivity index (χ0) is 20.5. The standard InChI is InChI=1S/C25H21N5/c1-16-4-2-7-23(29-16)24-12-22(21-8-9-28-25(21)30-24)20-11-19(14-27-15-20)18-6-3-5-17(10-18)13-26/h2-12,14-15H,13,26H2,1H3,(H,28,30). The number of pyridine rings is 3. The van der Waals surface area contributed by atoms with Crippen LogP contribution in [0.5, 0.6) is 0 Å². The van der Waals surface area contributed by atoms with Gasteiger partial charge in [-0.05, 0) is 60.0 Å². The minimum atomic E-state index is 0.516. The molecule has 0 unspecified atom stereocenters. The topological polar surface area (TPSA) is 80.5 Å². The molecule has 146 valence electrons. The number of fused-ring (bicyclic) bond motifs is 1. The van der Waals surface area contributed by atoms with Crippen molar-refractivity contribution in [2.24, 2.45) is 5.73 Å². The molecule has 0 saturated heterocycles. The van der Waals surface area contributed by atoms with Crippen molar-refractivity contribution in [3.05, 3.63) is 90.5 Å². The second-order valence-corrected chi connectivity index (χ2v) is 7.33. The van der Waals surface area contributed by atoms with Crippen LogP contribution >= 0.6 is 0 Å². The Balaban J connectivity index is 1.67. The Hall–Kier alpha value is -3.83. The summed E-state index contributed by atoms with van der Waals surface area (Å²) < 4.78 is 0. The van der Waals surface area contributed by atoms with Crippen LogP contribution in [0.3, 0.4) is 0 Å². The number of nitrogens with two attached hydrogens (primary N) is 1. The van der Waals surface area contributed by atoms with Crippen LogP contribution in [-0.4, -0.2) is 19.9 Å². The van der Waals surface area contributed by atoms with Gasteiger partial charge >= 0.3 is 0 Å². The third-order valence-corrected chi connectivity index (χ3v) is 5.22. The number of benzene rings is 1. The Kier molecular flexibility index (Phi) is 4.58. The molecule has 4 heterocycles. The summed E-state index contributed by atoms with van der Waals surface area (Å²) in [6, 6.07) is 20.5. The van der Waals surface area contributed by atoms with Crippen molar-refractivity contribution in [2.75, 3.05) is 0 Å². The molecule has 0 bridgehead atoms. The summed E-state index contributed by atoms with van der Waals surface area (Å²) in [5.41, 5.74) is 14.7. The molecule has 0 aliphatic rings. The highest BCUT2D eigenvalue weighted by Gasteiger charge is 2.12. The van der Waals surface area contributed by atoms with E-state index in [0.717, 1.165) is 55.9 Å². The molecular formula is C25H21N5. The maximum absolute atomic E-state index is 5.82. The molecule has 3 N–H and O–H groups in total. The third kappa shape index (κ3) is 3.36. The molecule has 0 spiro atoms. The first-order valence-electron chi connectivity index (χ1n) is 9.88. The highest BCUT2D eigenvalue weighted by molar-refractivity contribution is 5.95. The van der Waals surface area contributed by atoms with Gasteiger partial charge in [0.05, 0.1) is 11.4 Å². The van der Waals surface area contributed by atoms with E-state index in [1.165, 1.54) is 0 Å². The van der Waals surface area contributed by atoms with Gasteiger partial charge in [0.2, 0.25) is 0 Å². The largest absolute Gasteiger partial charge is 0.346 e. The molecule has 0 atom stereocenters. The van der Waals surface area contributed by atoms with E-state index < -0.39 is 0 Å². The molecule has 0 amide bonds. The molecule has 0 radical (unpaired) electrons. The van der Waals surface area contributed by atoms with E-state index in [4.69, 9.17) is 10.7 Å². The zero-order valence-electron chi connectivity index (χ0n) is 16.6. The van der Waals surface area contributed by atoms with Gasteiger partial charge in [-0.3, -0.25) is 9.97 Å². The van der Waals surface area contributed by atoms with Crippen LogP contribution in [0.1, 0.15) is 11.3 Å². The molecular weight excluding hydrogens is 370 g/mol. The molecule has 0 aliphatic heterocycles. The minimum absolute atomic E-state index is 0.516. The molecule has 5 nitrogen and oxygen atoms in total. The Morgan fingerprint density at radius 3 is 2.57 bits per heavy atom. The fourth-order valence-corrected chi connectivity index (χ4v) is 3.72. The SMILES string of the molecule is Cc1cccc(-c2cc(-c3cncc(-c4cccc(CN)c4)c3)c3cc[nH]c3n2)n1. The molecule has 5 heteroatoms. The lowest BCUT2D eigenvalue weighted by Gasteiger charge is -2.10. The van der Waals surface area contributed by atoms with Crippen LogP contribution in [0.4, 0.5) is 0 Å². The maximum atomic E-state index is 5.82. The Morgan fingerprint density at radius 1 is 0.833 bits per heavy atom. The van der Waals surface area contributed by atoms with E-state index in [1.807, 2.05) is 61.9 Å². The van der Waals surface area contributed by atoms with E-state index in [-0.39, 0.29) is 0 Å². The lowest BCUT2D eigenvalue weighted by Crippen LogP contribution is -1.96. The summed E-state index contributed by atoms with van der Waals surface area (Å²) in [5.74, 6) is 0. The average molecular weight is 391 g/mol. The number of H-pyrrole nitrogens is 1. The zero-order valence-corrected chi connectivity index (χ0v) is 16.6. The minimum Gasteiger partial charge on any atom is -0.346 e. The molecule has 4 aromatic heterocycles. The van der Waals surface area contributed by atoms with Crippen molar-refractivity contribution in [1.29, 1.82) is 0 Å². The highest BCUT2D eigenvalue weighted by atomic mass is 14.9. The van der Waals surface area contributed by atoms with Gasteiger partial charge in [0, 0.05) is 47.3 Å². The molecule has 0 fully saturated rings. The van der Waals surface area contributed by atoms with Crippen molar-refractivity contribution < 1.29 is 0 Å². The Bertz CT molecular complexity index is 1350. The van der Waals surface area contributed by atoms with Crippen molar-refractivity contribution >= 4 is 11.0 Å². The number of nitrogens with one attached hydrogen (secondary N) is 1. The van der Waals surface area contributed by atoms with Gasteiger partial charge in [-0.1, -0.05) is 24.3 Å². The number of hydrogen-bond acceptors (Lipinski definition) is 4. The fourth-order valence-electron chi connectivity index (χ4n) is 3.72. The van der Waals surface area contributed by atoms with Gasteiger partial charge in [-0.2, -0.15) is 0 Å². The van der Waals surface area contributed by atoms with E-state index in [1.54, 1.807) is 0 Å². The lowest BCUT2D eigenvalue weighted by atomic mass is 9.98. The van der Waals surface area contributed by atoms with E-state index in [2.05, 4.69) is 39.2 Å². The predicted molar refractivity (Wildman–Crippen MR) is 121 cm³/mol. The van der Waals surface area contributed by atoms with E-state index in [0.29, 0.717) is 6.54 Å². The molecule has 0 aliphatic carbocycles. The number of aromatic amines is 1. The smallest absolute Gasteiger partial charge is 0.138 e. The number of aryl methyl sites for hydroxylation is 1. The van der Waals surface area contributed by atoms with Crippen LogP contribution < -0.4 is 5.73 Å². The first-order valence-corrected chi connectivity index (χ1v) is 9.88. The fraction of sp³-hybridized carbons (Fsp3) is 0.0800. The summed E-state index contributed by atoms with van der Waals surface area (Å²) in [7, 11) is 0. The molecule has 0 saturated carbocycles. The number of nitrogens with zero attached hydrogens (tertiary/aromatic N) is 3. The van der Waals surface area contributed by atoms with Crippen LogP contribution in [0.15, 0.2) is 79.3 Å². The quantitative estimate of drug-likeness (QED) is 0.445. The summed E-state index contributed by atoms with van der Waals surface area (Å²) in [5, 5.41) is 1.06. The molecule has 5 aromatic rings. The number of rotatable bonds is 4. The maximum Gasteiger partial charge on any atom is 0.138 e. The molecule has 30 heavy (non-hydrogen) atoms. The normalized spacial score (nSPS) is 11.1. The van der Waals surface area contributed by atoms with Gasteiger partial charge < -0.3 is 10.7 Å². The number of aromatic nitrogens is 4. The summed E-state index contributed by atoms with van der Waals surface area (Å²) in [4.78, 5) is 17.2. The van der Waals surface area contributed by atoms with Crippen molar-refractivity contribution in [1.82, 2.24) is 19.9 Å². The van der Waals surface area contributed by atoms with Gasteiger partial charge in [-0.15, -0.1) is 0 Å². The second kappa shape index (κ2) is 7.54. The van der Waals surface area contributed by atoms with Crippen molar-refractivity contribution in [3.8, 4) is 33.6 Å². The van der Waals surface area contributed by atoms with Gasteiger partial charge in [0.15, 0.2) is 0 Å². The number of hydrogen-bond donors (Lipinski definition) is 2. The van der Waals surface area contributed by atoms with Gasteiger partial charge in [0.25, 0.3) is 0 Å². The molecule has 5 rings (SSSR count). The summed E-state index contributed by atoms with van der Waals surface area (Å²) in [6.45, 7) is 2.50. The first-order chi connectivity index (χ1) is 14.7. The monoisotopic (exact) mass is 391 g/mol. The van der Waals surface area contributed by atoms with Crippen LogP contribution in [-0.2, 0) is 6.54 Å². The van der Waals surface area contributed by atoms with E-state index in [9.17, 15) is 0 Å². The van der Waals surface area contributed by atoms with E-state index >= 15 is 0 Å². The summed E-state index contributed by atoms with van der Waals surface area (Å²) >= 11 is 0. The van der Waals surface area contributed by atoms with Crippen LogP contribution in [0, 0.1) is 6.92 Å². The lowest BCUT2D eigenvalue weighted by molar-refractivity contribution is 1.07. The molecule has 1 aromatic carbocycles. The third-order valence-electron chi connectivity index (χ3n) is 5.22. The van der Waals surface area contributed by atoms with Gasteiger partial charge in [-0.25, -0.2) is 4.98 Å². The highest BCUT2D eigenvalue weighted by Crippen LogP contribution is 2.33. The predicted octanol–water partition coefficient (Wildman–Crippen LogP) is 5.12. The van der Waals surface area contributed by atoms with Crippen LogP contribution in [0.2, 0.25) is 0 Å². The average Bonchev–Trinajstić information content (AvgIpc) is 3.27. The summed E-state index contributed by atoms with van der Waals surface area (Å²) in [6.07, 6.45) is 5.69. The Morgan fingerprint density at radius 2 is 1.70 bits per heavy atom. The second-order valence-electron chi connectivity index (χ2n) is 7.33. The Labute approximate surface area is 174 Å². The van der Waals surface area contributed by atoms with Crippen LogP contribution in [0.25, 0.3) is 44.7 Å². The first kappa shape index (κ1) is 18.2. The van der Waals surface area contributed by atoms with Crippen molar-refractivity contribution in [2.45, 2.75) is 13.5 Å². The van der Waals surface area contributed by atoms with Crippen molar-refractivity contribution in [3.63, 3.8) is 0 Å². The van der Waals surface area contributed by atoms with Gasteiger partial charge in [0.1, 0.15) is 5.65 Å².